The van der Waals surface area contributed by atoms with E-state index in [-0.39, 0.29) is 11.4 Å². The van der Waals surface area contributed by atoms with Crippen LogP contribution in [0.5, 0.6) is 5.88 Å². The highest BCUT2D eigenvalue weighted by atomic mass is 16.3. The molecule has 0 unspecified atom stereocenters. The lowest BCUT2D eigenvalue weighted by Gasteiger charge is -2.08. The molecule has 2 aromatic rings. The van der Waals surface area contributed by atoms with Crippen LogP contribution in [-0.2, 0) is 0 Å². The van der Waals surface area contributed by atoms with Crippen LogP contribution in [0.2, 0.25) is 0 Å². The fraction of sp³-hybridized carbons (Fsp3) is 0.455. The molecule has 0 atom stereocenters. The Bertz CT molecular complexity index is 603. The van der Waals surface area contributed by atoms with Crippen molar-refractivity contribution in [2.24, 2.45) is 0 Å². The van der Waals surface area contributed by atoms with Crippen LogP contribution in [-0.4, -0.2) is 14.7 Å². The fourth-order valence-corrected chi connectivity index (χ4v) is 1.47. The summed E-state index contributed by atoms with van der Waals surface area (Å²) in [4.78, 5) is 15.5. The van der Waals surface area contributed by atoms with E-state index in [9.17, 15) is 4.79 Å². The van der Waals surface area contributed by atoms with E-state index in [1.807, 2.05) is 51.1 Å². The van der Waals surface area contributed by atoms with Crippen LogP contribution < -0.4 is 5.56 Å². The smallest absolute Gasteiger partial charge is 0.261 e. The van der Waals surface area contributed by atoms with Crippen molar-refractivity contribution in [2.45, 2.75) is 68.2 Å². The molecule has 4 nitrogen and oxygen atoms in total. The van der Waals surface area contributed by atoms with Gasteiger partial charge < -0.3 is 5.11 Å². The SMILES string of the molecule is C=CC.CC.CCC.CCC.Cc1nc(O)cc(=O)n1-c1ccccc1. The molecule has 0 aliphatic carbocycles. The van der Waals surface area contributed by atoms with Crippen LogP contribution in [0.4, 0.5) is 0 Å². The van der Waals surface area contributed by atoms with Gasteiger partial charge in [0.1, 0.15) is 5.82 Å². The van der Waals surface area contributed by atoms with Gasteiger partial charge in [-0.1, -0.05) is 78.7 Å². The van der Waals surface area contributed by atoms with Crippen LogP contribution in [0.1, 0.15) is 67.1 Å². The van der Waals surface area contributed by atoms with Crippen molar-refractivity contribution in [2.75, 3.05) is 0 Å². The Morgan fingerprint density at radius 3 is 1.81 bits per heavy atom. The van der Waals surface area contributed by atoms with E-state index >= 15 is 0 Å². The second kappa shape index (κ2) is 20.7. The number of allylic oxidation sites excluding steroid dienone is 1. The van der Waals surface area contributed by atoms with Crippen LogP contribution in [0, 0.1) is 6.92 Å². The molecular weight excluding hydrogens is 324 g/mol. The molecule has 0 aliphatic heterocycles. The van der Waals surface area contributed by atoms with E-state index in [1.54, 1.807) is 13.0 Å². The van der Waals surface area contributed by atoms with Gasteiger partial charge in [-0.2, -0.15) is 0 Å². The highest BCUT2D eigenvalue weighted by molar-refractivity contribution is 5.33. The summed E-state index contributed by atoms with van der Waals surface area (Å²) in [6, 6.07) is 10.3. The van der Waals surface area contributed by atoms with Gasteiger partial charge in [0.2, 0.25) is 5.88 Å². The third-order valence-electron chi connectivity index (χ3n) is 2.09. The second-order valence-corrected chi connectivity index (χ2v) is 4.99. The lowest BCUT2D eigenvalue weighted by molar-refractivity contribution is 0.447. The molecule has 148 valence electrons. The lowest BCUT2D eigenvalue weighted by atomic mass is 10.3. The Balaban J connectivity index is -0.000000404. The number of rotatable bonds is 1. The highest BCUT2D eigenvalue weighted by Gasteiger charge is 2.05. The van der Waals surface area contributed by atoms with Gasteiger partial charge in [0.25, 0.3) is 5.56 Å². The Hall–Kier alpha value is -2.36. The van der Waals surface area contributed by atoms with E-state index in [1.165, 1.54) is 17.4 Å². The number of hydrogen-bond donors (Lipinski definition) is 1. The zero-order chi connectivity index (χ0) is 21.0. The molecule has 0 radical (unpaired) electrons. The van der Waals surface area contributed by atoms with Crippen molar-refractivity contribution < 1.29 is 5.11 Å². The van der Waals surface area contributed by atoms with Crippen LogP contribution >= 0.6 is 0 Å². The maximum atomic E-state index is 11.6. The topological polar surface area (TPSA) is 55.1 Å². The number of hydrogen-bond acceptors (Lipinski definition) is 3. The van der Waals surface area contributed by atoms with Gasteiger partial charge >= 0.3 is 0 Å². The summed E-state index contributed by atoms with van der Waals surface area (Å²) in [5.74, 6) is 0.218. The van der Waals surface area contributed by atoms with E-state index < -0.39 is 0 Å². The minimum atomic E-state index is -0.286. The summed E-state index contributed by atoms with van der Waals surface area (Å²) in [7, 11) is 0. The quantitative estimate of drug-likeness (QED) is 0.606. The summed E-state index contributed by atoms with van der Waals surface area (Å²) in [5.41, 5.74) is 0.457. The largest absolute Gasteiger partial charge is 0.493 e. The average molecular weight is 363 g/mol. The Labute approximate surface area is 160 Å². The maximum Gasteiger partial charge on any atom is 0.261 e. The number of aromatic nitrogens is 2. The van der Waals surface area contributed by atoms with Gasteiger partial charge in [-0.25, -0.2) is 4.98 Å². The zero-order valence-electron chi connectivity index (χ0n) is 17.9. The Kier molecular flexibility index (Phi) is 22.6. The molecule has 1 aromatic carbocycles. The number of para-hydroxylation sites is 1. The van der Waals surface area contributed by atoms with Crippen LogP contribution in [0.25, 0.3) is 5.69 Å². The molecule has 0 fully saturated rings. The van der Waals surface area contributed by atoms with Gasteiger partial charge in [-0.3, -0.25) is 9.36 Å². The molecule has 1 N–H and O–H groups in total. The molecule has 0 saturated carbocycles. The highest BCUT2D eigenvalue weighted by Crippen LogP contribution is 2.08. The van der Waals surface area contributed by atoms with Gasteiger partial charge in [-0.05, 0) is 26.0 Å². The van der Waals surface area contributed by atoms with E-state index in [0.717, 1.165) is 11.8 Å². The van der Waals surface area contributed by atoms with Crippen molar-refractivity contribution in [3.63, 3.8) is 0 Å². The summed E-state index contributed by atoms with van der Waals surface area (Å²) in [6.45, 7) is 19.4. The zero-order valence-corrected chi connectivity index (χ0v) is 17.9. The molecular formula is C22H38N2O2. The monoisotopic (exact) mass is 362 g/mol. The molecule has 1 aromatic heterocycles. The van der Waals surface area contributed by atoms with Crippen LogP contribution in [0.15, 0.2) is 53.8 Å². The lowest BCUT2D eigenvalue weighted by Crippen LogP contribution is -2.20. The summed E-state index contributed by atoms with van der Waals surface area (Å²) >= 11 is 0. The van der Waals surface area contributed by atoms with Gasteiger partial charge in [0, 0.05) is 0 Å². The molecule has 1 heterocycles. The standard InChI is InChI=1S/C11H10N2O2.2C3H8.C3H6.C2H6/c1-8-12-10(14)7-11(15)13(8)9-5-3-2-4-6-9;3*1-3-2;1-2/h2-7,14H,1H3;2*3H2,1-2H3;3H,1H2,2H3;1-2H3. The minimum Gasteiger partial charge on any atom is -0.493 e. The molecule has 4 heteroatoms. The van der Waals surface area contributed by atoms with Crippen LogP contribution in [0.3, 0.4) is 0 Å². The first-order valence-corrected chi connectivity index (χ1v) is 9.35. The first kappa shape index (κ1) is 28.4. The van der Waals surface area contributed by atoms with Crippen molar-refractivity contribution in [3.05, 3.63) is 65.2 Å². The van der Waals surface area contributed by atoms with Gasteiger partial charge in [0.15, 0.2) is 0 Å². The van der Waals surface area contributed by atoms with Crippen molar-refractivity contribution in [1.82, 2.24) is 9.55 Å². The first-order valence-electron chi connectivity index (χ1n) is 9.35. The molecule has 0 amide bonds. The average Bonchev–Trinajstić information content (AvgIpc) is 2.59. The Morgan fingerprint density at radius 1 is 1.08 bits per heavy atom. The minimum absolute atomic E-state index is 0.246. The first-order chi connectivity index (χ1) is 12.4. The number of benzene rings is 1. The molecule has 26 heavy (non-hydrogen) atoms. The van der Waals surface area contributed by atoms with E-state index in [4.69, 9.17) is 5.11 Å². The molecule has 2 rings (SSSR count). The maximum absolute atomic E-state index is 11.6. The predicted molar refractivity (Wildman–Crippen MR) is 115 cm³/mol. The third kappa shape index (κ3) is 14.0. The van der Waals surface area contributed by atoms with Gasteiger partial charge in [-0.15, -0.1) is 6.58 Å². The molecule has 0 spiro atoms. The summed E-state index contributed by atoms with van der Waals surface area (Å²) in [5, 5.41) is 9.14. The van der Waals surface area contributed by atoms with Crippen molar-refractivity contribution in [3.8, 4) is 11.6 Å². The van der Waals surface area contributed by atoms with Gasteiger partial charge in [0.05, 0.1) is 11.8 Å². The normalized spacial score (nSPS) is 8.00. The molecule has 0 saturated heterocycles. The summed E-state index contributed by atoms with van der Waals surface area (Å²) < 4.78 is 1.44. The number of aromatic hydroxyl groups is 1. The molecule has 0 bridgehead atoms. The Morgan fingerprint density at radius 2 is 1.46 bits per heavy atom. The van der Waals surface area contributed by atoms with E-state index in [0.29, 0.717) is 5.82 Å². The third-order valence-corrected chi connectivity index (χ3v) is 2.09. The number of aryl methyl sites for hydroxylation is 1. The molecule has 0 aliphatic rings. The van der Waals surface area contributed by atoms with Crippen molar-refractivity contribution in [1.29, 1.82) is 0 Å². The predicted octanol–water partition coefficient (Wildman–Crippen LogP) is 6.30. The second-order valence-electron chi connectivity index (χ2n) is 4.99. The van der Waals surface area contributed by atoms with E-state index in [2.05, 4.69) is 39.3 Å². The summed E-state index contributed by atoms with van der Waals surface area (Å²) in [6.07, 6.45) is 4.25. The fourth-order valence-electron chi connectivity index (χ4n) is 1.47. The number of nitrogens with zero attached hydrogens (tertiary/aromatic N) is 2. The van der Waals surface area contributed by atoms with Crippen molar-refractivity contribution >= 4 is 0 Å².